The topological polar surface area (TPSA) is 218 Å². The van der Waals surface area contributed by atoms with Crippen molar-refractivity contribution in [1.29, 1.82) is 0 Å². The monoisotopic (exact) mass is 1140 g/mol. The van der Waals surface area contributed by atoms with E-state index in [0.29, 0.717) is 10.8 Å². The number of aromatic hydroxyl groups is 1. The Morgan fingerprint density at radius 3 is 1.79 bits per heavy atom. The van der Waals surface area contributed by atoms with Gasteiger partial charge in [0.2, 0.25) is 11.8 Å². The molecule has 84 heavy (non-hydrogen) atoms. The summed E-state index contributed by atoms with van der Waals surface area (Å²) in [5.74, 6) is -7.78. The maximum atomic E-state index is 16.0. The Balaban J connectivity index is 0.990. The van der Waals surface area contributed by atoms with E-state index >= 15 is 14.4 Å². The number of aliphatic hydroxyl groups excluding tert-OH is 1. The minimum absolute atomic E-state index is 0.0642. The zero-order valence-corrected chi connectivity index (χ0v) is 48.6. The number of esters is 5. The summed E-state index contributed by atoms with van der Waals surface area (Å²) in [5, 5.41) is 28.8. The number of imide groups is 1. The maximum Gasteiger partial charge on any atom is 0.338 e. The van der Waals surface area contributed by atoms with E-state index in [9.17, 15) is 29.4 Å². The third kappa shape index (κ3) is 11.0. The lowest BCUT2D eigenvalue weighted by Gasteiger charge is -2.54. The van der Waals surface area contributed by atoms with Crippen molar-refractivity contribution in [3.05, 3.63) is 173 Å². The highest BCUT2D eigenvalue weighted by Crippen LogP contribution is 2.63. The summed E-state index contributed by atoms with van der Waals surface area (Å²) in [5.41, 5.74) is -3.16. The molecule has 436 valence electrons. The molecule has 7 aromatic rings. The Morgan fingerprint density at radius 2 is 1.15 bits per heavy atom. The number of aliphatic hydroxyl groups is 1. The minimum Gasteiger partial charge on any atom is -0.508 e. The van der Waals surface area contributed by atoms with Gasteiger partial charge >= 0.3 is 29.8 Å². The molecule has 7 atom stereocenters. The fourth-order valence-electron chi connectivity index (χ4n) is 13.7. The van der Waals surface area contributed by atoms with Crippen LogP contribution in [0, 0.1) is 34.0 Å². The van der Waals surface area contributed by atoms with Crippen LogP contribution in [0.4, 0.5) is 0 Å². The van der Waals surface area contributed by atoms with Gasteiger partial charge in [0.25, 0.3) is 0 Å². The predicted octanol–water partition coefficient (Wildman–Crippen LogP) is 11.1. The smallest absolute Gasteiger partial charge is 0.338 e. The highest BCUT2D eigenvalue weighted by Gasteiger charge is 2.67. The average molecular weight is 1140 g/mol. The molecule has 15 nitrogen and oxygen atoms in total. The molecule has 1 saturated heterocycles. The predicted molar refractivity (Wildman–Crippen MR) is 314 cm³/mol. The van der Waals surface area contributed by atoms with Crippen LogP contribution in [-0.2, 0) is 64.5 Å². The van der Waals surface area contributed by atoms with Gasteiger partial charge in [-0.05, 0) is 152 Å². The standard InChI is InChI=1S/C69H71NO14/c1-9-66(6,62(77)82-36-52-48-20-12-10-18-43(48)31-44-19-11-13-21-49(44)52)37-68(8,64(79)83-39-69-53-24-16-14-22-50(53)55(51-23-15-17-25-54(51)69)56-57(69)59(74)70-58(56)73)38-67(7,33-40(2)60(75)84-65(3,4)5)63(78)81-35-47(72)34-80-61(76)45-27-26-42-32-46(71)29-28-41(42)30-45/h10-32,40,47,55-57,71-72H,9,33-39H2,1-8H3,(H,70,73,74). The number of phenolic OH excluding ortho intramolecular Hbond substituents is 1. The number of rotatable bonds is 20. The van der Waals surface area contributed by atoms with E-state index < -0.39 is 119 Å². The van der Waals surface area contributed by atoms with Crippen molar-refractivity contribution in [3.8, 4) is 5.75 Å². The van der Waals surface area contributed by atoms with Crippen LogP contribution in [0.5, 0.6) is 5.75 Å². The van der Waals surface area contributed by atoms with Gasteiger partial charge in [-0.2, -0.15) is 0 Å². The molecule has 3 aliphatic carbocycles. The second-order valence-electron chi connectivity index (χ2n) is 25.1. The SMILES string of the molecule is CCC(C)(CC(C)(CC(C)(CC(C)C(=O)OC(C)(C)C)C(=O)OCC(O)COC(=O)c1ccc2cc(O)ccc2c1)C(=O)OCC12c3ccccc3C(c3ccccc31)C1C(=O)NC(=O)C12)C(=O)OCc1c2ccccc2cc2ccccc12. The van der Waals surface area contributed by atoms with Crippen LogP contribution in [0.25, 0.3) is 32.3 Å². The number of nitrogens with one attached hydrogen (secondary N) is 1. The van der Waals surface area contributed by atoms with Crippen LogP contribution >= 0.6 is 0 Å². The van der Waals surface area contributed by atoms with Gasteiger partial charge < -0.3 is 33.9 Å². The average Bonchev–Trinajstić information content (AvgIpc) is 2.11. The van der Waals surface area contributed by atoms with E-state index in [1.165, 1.54) is 12.1 Å². The lowest BCUT2D eigenvalue weighted by molar-refractivity contribution is -0.174. The van der Waals surface area contributed by atoms with Crippen molar-refractivity contribution in [1.82, 2.24) is 5.32 Å². The fraction of sp³-hybridized carbons (Fsp3) is 0.377. The molecule has 1 aliphatic heterocycles. The summed E-state index contributed by atoms with van der Waals surface area (Å²) >= 11 is 0. The van der Waals surface area contributed by atoms with Gasteiger partial charge in [-0.15, -0.1) is 0 Å². The van der Waals surface area contributed by atoms with Crippen LogP contribution in [-0.4, -0.2) is 83.4 Å². The third-order valence-electron chi connectivity index (χ3n) is 17.6. The van der Waals surface area contributed by atoms with E-state index in [-0.39, 0.29) is 43.6 Å². The van der Waals surface area contributed by atoms with Crippen molar-refractivity contribution >= 4 is 74.0 Å². The molecule has 1 fully saturated rings. The highest BCUT2D eigenvalue weighted by molar-refractivity contribution is 6.08. The van der Waals surface area contributed by atoms with Gasteiger partial charge in [0.1, 0.15) is 43.9 Å². The van der Waals surface area contributed by atoms with Crippen molar-refractivity contribution in [3.63, 3.8) is 0 Å². The summed E-state index contributed by atoms with van der Waals surface area (Å²) < 4.78 is 30.2. The van der Waals surface area contributed by atoms with E-state index in [4.69, 9.17) is 23.7 Å². The largest absolute Gasteiger partial charge is 0.508 e. The van der Waals surface area contributed by atoms with Crippen LogP contribution in [0.2, 0.25) is 0 Å². The summed E-state index contributed by atoms with van der Waals surface area (Å²) in [6.07, 6.45) is -2.24. The van der Waals surface area contributed by atoms with Gasteiger partial charge in [-0.1, -0.05) is 123 Å². The summed E-state index contributed by atoms with van der Waals surface area (Å²) in [6, 6.07) is 42.3. The van der Waals surface area contributed by atoms with E-state index in [1.807, 2.05) is 97.1 Å². The summed E-state index contributed by atoms with van der Waals surface area (Å²) in [6.45, 7) is 11.7. The molecule has 2 amide bonds. The number of hydrogen-bond acceptors (Lipinski definition) is 14. The van der Waals surface area contributed by atoms with Gasteiger partial charge in [-0.3, -0.25) is 34.1 Å². The Labute approximate surface area is 488 Å². The second kappa shape index (κ2) is 22.6. The van der Waals surface area contributed by atoms with Gasteiger partial charge in [0.05, 0.1) is 45.0 Å². The first kappa shape index (κ1) is 58.8. The van der Waals surface area contributed by atoms with Crippen molar-refractivity contribution < 1.29 is 67.5 Å². The van der Waals surface area contributed by atoms with E-state index in [2.05, 4.69) is 11.4 Å². The first-order chi connectivity index (χ1) is 39.9. The molecule has 0 radical (unpaired) electrons. The van der Waals surface area contributed by atoms with Gasteiger partial charge in [0.15, 0.2) is 0 Å². The van der Waals surface area contributed by atoms with Crippen LogP contribution in [0.1, 0.15) is 125 Å². The molecule has 0 saturated carbocycles. The maximum absolute atomic E-state index is 16.0. The van der Waals surface area contributed by atoms with Gasteiger partial charge in [-0.25, -0.2) is 4.79 Å². The van der Waals surface area contributed by atoms with Crippen molar-refractivity contribution in [2.24, 2.45) is 34.0 Å². The molecular weight excluding hydrogens is 1070 g/mol. The number of ether oxygens (including phenoxy) is 5. The summed E-state index contributed by atoms with van der Waals surface area (Å²) in [4.78, 5) is 101. The molecule has 11 rings (SSSR count). The molecule has 0 aromatic heterocycles. The number of phenols is 1. The molecule has 3 N–H and O–H groups in total. The third-order valence-corrected chi connectivity index (χ3v) is 17.6. The number of carbonyl (C=O) groups is 7. The Kier molecular flexibility index (Phi) is 15.8. The second-order valence-corrected chi connectivity index (χ2v) is 25.1. The molecule has 7 aromatic carbocycles. The number of amides is 2. The first-order valence-electron chi connectivity index (χ1n) is 28.6. The molecule has 4 aliphatic rings. The van der Waals surface area contributed by atoms with Crippen LogP contribution in [0.15, 0.2) is 140 Å². The Morgan fingerprint density at radius 1 is 0.607 bits per heavy atom. The molecular formula is C69H71NO14. The van der Waals surface area contributed by atoms with Crippen LogP contribution < -0.4 is 5.32 Å². The number of benzene rings is 7. The first-order valence-corrected chi connectivity index (χ1v) is 28.6. The van der Waals surface area contributed by atoms with Gasteiger partial charge in [0, 0.05) is 11.5 Å². The molecule has 7 unspecified atom stereocenters. The highest BCUT2D eigenvalue weighted by atomic mass is 16.6. The number of fused-ring (bicyclic) bond motifs is 3. The molecule has 0 spiro atoms. The zero-order valence-electron chi connectivity index (χ0n) is 48.6. The Bertz CT molecular complexity index is 3690. The quantitative estimate of drug-likeness (QED) is 0.0280. The summed E-state index contributed by atoms with van der Waals surface area (Å²) in [7, 11) is 0. The van der Waals surface area contributed by atoms with Crippen molar-refractivity contribution in [2.75, 3.05) is 19.8 Å². The van der Waals surface area contributed by atoms with Crippen LogP contribution in [0.3, 0.4) is 0 Å². The molecule has 15 heteroatoms. The lowest BCUT2D eigenvalue weighted by atomic mass is 9.47. The zero-order chi connectivity index (χ0) is 60.1. The minimum atomic E-state index is -1.81. The molecule has 2 bridgehead atoms. The number of carbonyl (C=O) groups excluding carboxylic acids is 7. The number of hydrogen-bond donors (Lipinski definition) is 3. The fourth-order valence-corrected chi connectivity index (χ4v) is 13.7. The Hall–Kier alpha value is -8.43. The van der Waals surface area contributed by atoms with E-state index in [0.717, 1.165) is 49.4 Å². The normalized spacial score (nSPS) is 20.7. The van der Waals surface area contributed by atoms with E-state index in [1.54, 1.807) is 79.7 Å². The van der Waals surface area contributed by atoms with Crippen molar-refractivity contribution in [2.45, 2.75) is 111 Å². The molecule has 1 heterocycles. The lowest BCUT2D eigenvalue weighted by Crippen LogP contribution is -2.56.